The second-order valence-corrected chi connectivity index (χ2v) is 4.82. The summed E-state index contributed by atoms with van der Waals surface area (Å²) in [7, 11) is 0. The van der Waals surface area contributed by atoms with Gasteiger partial charge in [-0.1, -0.05) is 17.7 Å². The van der Waals surface area contributed by atoms with Crippen molar-refractivity contribution in [2.24, 2.45) is 0 Å². The Morgan fingerprint density at radius 3 is 3.05 bits per heavy atom. The lowest BCUT2D eigenvalue weighted by molar-refractivity contribution is -0.136. The van der Waals surface area contributed by atoms with Gasteiger partial charge in [-0.2, -0.15) is 0 Å². The first-order valence-electron chi connectivity index (χ1n) is 6.05. The molecular formula is C13H18Cl2N2O2. The number of nitrogens with zero attached hydrogens (tertiary/aromatic N) is 1. The maximum atomic E-state index is 12.0. The number of nitrogens with one attached hydrogen (secondary N) is 1. The maximum Gasteiger partial charge on any atom is 0.260 e. The van der Waals surface area contributed by atoms with Gasteiger partial charge < -0.3 is 15.0 Å². The standard InChI is InChI=1S/C13H17ClN2O2.ClH/c1-10-8-15-5-6-16(10)13(17)9-18-12-4-2-3-11(14)7-12;/h2-4,7,10,15H,5-6,8-9H2,1H3;1H/t10-;/m0./s1. The number of carbonyl (C=O) groups excluding carboxylic acids is 1. The number of benzene rings is 1. The van der Waals surface area contributed by atoms with Crippen LogP contribution in [-0.2, 0) is 4.79 Å². The van der Waals surface area contributed by atoms with E-state index in [-0.39, 0.29) is 31.0 Å². The molecule has 1 aliphatic heterocycles. The largest absolute Gasteiger partial charge is 0.484 e. The molecule has 1 aromatic carbocycles. The highest BCUT2D eigenvalue weighted by Crippen LogP contribution is 2.17. The smallest absolute Gasteiger partial charge is 0.260 e. The third kappa shape index (κ3) is 4.56. The van der Waals surface area contributed by atoms with Crippen molar-refractivity contribution in [3.05, 3.63) is 29.3 Å². The minimum absolute atomic E-state index is 0. The van der Waals surface area contributed by atoms with Crippen LogP contribution in [0.2, 0.25) is 5.02 Å². The summed E-state index contributed by atoms with van der Waals surface area (Å²) < 4.78 is 5.45. The van der Waals surface area contributed by atoms with Gasteiger partial charge >= 0.3 is 0 Å². The number of hydrogen-bond donors (Lipinski definition) is 1. The molecule has 1 N–H and O–H groups in total. The minimum atomic E-state index is 0. The van der Waals surface area contributed by atoms with E-state index in [1.165, 1.54) is 0 Å². The fourth-order valence-corrected chi connectivity index (χ4v) is 2.18. The molecule has 0 aliphatic carbocycles. The third-order valence-electron chi connectivity index (χ3n) is 2.98. The molecule has 1 atom stereocenters. The zero-order chi connectivity index (χ0) is 13.0. The van der Waals surface area contributed by atoms with E-state index in [4.69, 9.17) is 16.3 Å². The Labute approximate surface area is 124 Å². The summed E-state index contributed by atoms with van der Waals surface area (Å²) >= 11 is 5.85. The van der Waals surface area contributed by atoms with E-state index in [1.54, 1.807) is 24.3 Å². The van der Waals surface area contributed by atoms with Crippen molar-refractivity contribution in [1.82, 2.24) is 10.2 Å². The molecule has 0 bridgehead atoms. The number of ether oxygens (including phenoxy) is 1. The fourth-order valence-electron chi connectivity index (χ4n) is 2.00. The van der Waals surface area contributed by atoms with E-state index in [1.807, 2.05) is 11.8 Å². The topological polar surface area (TPSA) is 41.6 Å². The van der Waals surface area contributed by atoms with Gasteiger partial charge in [-0.25, -0.2) is 0 Å². The Balaban J connectivity index is 0.00000180. The van der Waals surface area contributed by atoms with E-state index in [0.29, 0.717) is 10.8 Å². The van der Waals surface area contributed by atoms with Crippen molar-refractivity contribution in [2.45, 2.75) is 13.0 Å². The van der Waals surface area contributed by atoms with Crippen molar-refractivity contribution >= 4 is 29.9 Å². The number of carbonyl (C=O) groups is 1. The van der Waals surface area contributed by atoms with Crippen LogP contribution in [0.4, 0.5) is 0 Å². The molecule has 1 fully saturated rings. The summed E-state index contributed by atoms with van der Waals surface area (Å²) in [6.07, 6.45) is 0. The fraction of sp³-hybridized carbons (Fsp3) is 0.462. The van der Waals surface area contributed by atoms with Crippen LogP contribution >= 0.6 is 24.0 Å². The first kappa shape index (κ1) is 16.1. The van der Waals surface area contributed by atoms with Crippen molar-refractivity contribution in [3.63, 3.8) is 0 Å². The average Bonchev–Trinajstić information content (AvgIpc) is 2.37. The summed E-state index contributed by atoms with van der Waals surface area (Å²) in [5.74, 6) is 0.641. The Morgan fingerprint density at radius 2 is 2.37 bits per heavy atom. The van der Waals surface area contributed by atoms with Crippen LogP contribution in [0.15, 0.2) is 24.3 Å². The van der Waals surface area contributed by atoms with Gasteiger partial charge in [0.05, 0.1) is 0 Å². The third-order valence-corrected chi connectivity index (χ3v) is 3.22. The molecule has 4 nitrogen and oxygen atoms in total. The highest BCUT2D eigenvalue weighted by Gasteiger charge is 2.22. The van der Waals surface area contributed by atoms with Gasteiger partial charge in [0.15, 0.2) is 6.61 Å². The van der Waals surface area contributed by atoms with Crippen molar-refractivity contribution in [3.8, 4) is 5.75 Å². The van der Waals surface area contributed by atoms with E-state index >= 15 is 0 Å². The Morgan fingerprint density at radius 1 is 1.58 bits per heavy atom. The molecule has 1 heterocycles. The lowest BCUT2D eigenvalue weighted by Gasteiger charge is -2.33. The van der Waals surface area contributed by atoms with E-state index in [9.17, 15) is 4.79 Å². The predicted octanol–water partition coefficient (Wildman–Crippen LogP) is 1.96. The van der Waals surface area contributed by atoms with E-state index in [2.05, 4.69) is 5.32 Å². The zero-order valence-corrected chi connectivity index (χ0v) is 12.3. The van der Waals surface area contributed by atoms with Crippen LogP contribution in [-0.4, -0.2) is 43.1 Å². The summed E-state index contributed by atoms with van der Waals surface area (Å²) in [5.41, 5.74) is 0. The van der Waals surface area contributed by atoms with Gasteiger partial charge in [0, 0.05) is 30.7 Å². The number of halogens is 2. The molecule has 0 unspecified atom stereocenters. The molecule has 0 spiro atoms. The molecule has 1 amide bonds. The normalized spacial score (nSPS) is 18.6. The second-order valence-electron chi connectivity index (χ2n) is 4.39. The van der Waals surface area contributed by atoms with Gasteiger partial charge in [0.25, 0.3) is 5.91 Å². The zero-order valence-electron chi connectivity index (χ0n) is 10.8. The Kier molecular flexibility index (Phi) is 6.42. The van der Waals surface area contributed by atoms with E-state index < -0.39 is 0 Å². The maximum absolute atomic E-state index is 12.0. The quantitative estimate of drug-likeness (QED) is 0.928. The van der Waals surface area contributed by atoms with Gasteiger partial charge in [-0.05, 0) is 25.1 Å². The van der Waals surface area contributed by atoms with Gasteiger partial charge in [0.1, 0.15) is 5.75 Å². The highest BCUT2D eigenvalue weighted by molar-refractivity contribution is 6.30. The molecule has 19 heavy (non-hydrogen) atoms. The number of piperazine rings is 1. The Bertz CT molecular complexity index is 429. The van der Waals surface area contributed by atoms with Crippen LogP contribution in [0, 0.1) is 0 Å². The van der Waals surface area contributed by atoms with Gasteiger partial charge in [-0.15, -0.1) is 12.4 Å². The van der Waals surface area contributed by atoms with Crippen LogP contribution in [0.3, 0.4) is 0 Å². The number of hydrogen-bond acceptors (Lipinski definition) is 3. The first-order valence-corrected chi connectivity index (χ1v) is 6.43. The SMILES string of the molecule is C[C@H]1CNCCN1C(=O)COc1cccc(Cl)c1.Cl. The van der Waals surface area contributed by atoms with Crippen LogP contribution < -0.4 is 10.1 Å². The summed E-state index contributed by atoms with van der Waals surface area (Å²) in [4.78, 5) is 13.9. The van der Waals surface area contributed by atoms with Gasteiger partial charge in [0.2, 0.25) is 0 Å². The van der Waals surface area contributed by atoms with Crippen LogP contribution in [0.1, 0.15) is 6.92 Å². The molecule has 1 saturated heterocycles. The van der Waals surface area contributed by atoms with Crippen LogP contribution in [0.25, 0.3) is 0 Å². The highest BCUT2D eigenvalue weighted by atomic mass is 35.5. The molecule has 0 aromatic heterocycles. The lowest BCUT2D eigenvalue weighted by Crippen LogP contribution is -2.53. The van der Waals surface area contributed by atoms with Crippen molar-refractivity contribution in [2.75, 3.05) is 26.2 Å². The summed E-state index contributed by atoms with van der Waals surface area (Å²) in [5, 5.41) is 3.86. The molecule has 1 aliphatic rings. The minimum Gasteiger partial charge on any atom is -0.484 e. The molecule has 0 saturated carbocycles. The van der Waals surface area contributed by atoms with Crippen molar-refractivity contribution in [1.29, 1.82) is 0 Å². The average molecular weight is 305 g/mol. The molecule has 1 aromatic rings. The van der Waals surface area contributed by atoms with Crippen LogP contribution in [0.5, 0.6) is 5.75 Å². The van der Waals surface area contributed by atoms with E-state index in [0.717, 1.165) is 19.6 Å². The molecule has 106 valence electrons. The second kappa shape index (κ2) is 7.58. The number of rotatable bonds is 3. The number of amides is 1. The lowest BCUT2D eigenvalue weighted by atomic mass is 10.2. The predicted molar refractivity (Wildman–Crippen MR) is 78.2 cm³/mol. The monoisotopic (exact) mass is 304 g/mol. The van der Waals surface area contributed by atoms with Crippen molar-refractivity contribution < 1.29 is 9.53 Å². The molecule has 2 rings (SSSR count). The summed E-state index contributed by atoms with van der Waals surface area (Å²) in [6.45, 7) is 4.50. The van der Waals surface area contributed by atoms with Gasteiger partial charge in [-0.3, -0.25) is 4.79 Å². The first-order chi connectivity index (χ1) is 8.66. The molecule has 0 radical (unpaired) electrons. The Hall–Kier alpha value is -0.970. The molecule has 6 heteroatoms. The summed E-state index contributed by atoms with van der Waals surface area (Å²) in [6, 6.07) is 7.29. The molecular weight excluding hydrogens is 287 g/mol.